The molecule has 30 heavy (non-hydrogen) atoms. The highest BCUT2D eigenvalue weighted by atomic mass is 127. The van der Waals surface area contributed by atoms with E-state index in [-0.39, 0.29) is 42.7 Å². The Kier molecular flexibility index (Phi) is 10.7. The Morgan fingerprint density at radius 2 is 2.00 bits per heavy atom. The van der Waals surface area contributed by atoms with Crippen molar-refractivity contribution in [3.63, 3.8) is 0 Å². The Hall–Kier alpha value is -1.70. The van der Waals surface area contributed by atoms with Gasteiger partial charge in [0, 0.05) is 30.5 Å². The van der Waals surface area contributed by atoms with E-state index in [1.165, 1.54) is 6.07 Å². The van der Waals surface area contributed by atoms with Crippen molar-refractivity contribution in [3.05, 3.63) is 45.4 Å². The molecule has 2 rings (SSSR count). The van der Waals surface area contributed by atoms with E-state index in [4.69, 9.17) is 0 Å². The molecular weight excluding hydrogens is 542 g/mol. The average molecular weight is 564 g/mol. The molecule has 12 heteroatoms. The third kappa shape index (κ3) is 8.58. The predicted molar refractivity (Wildman–Crippen MR) is 117 cm³/mol. The number of rotatable bonds is 8. The van der Waals surface area contributed by atoms with Crippen LogP contribution >= 0.6 is 35.3 Å². The summed E-state index contributed by atoms with van der Waals surface area (Å²) in [6.07, 6.45) is -4.17. The molecule has 0 fully saturated rings. The lowest BCUT2D eigenvalue weighted by Gasteiger charge is -2.13. The largest absolute Gasteiger partial charge is 0.434 e. The first kappa shape index (κ1) is 26.3. The summed E-state index contributed by atoms with van der Waals surface area (Å²) in [7, 11) is 0. The third-order valence-electron chi connectivity index (χ3n) is 3.66. The number of guanidine groups is 1. The summed E-state index contributed by atoms with van der Waals surface area (Å²) in [4.78, 5) is 7.91. The van der Waals surface area contributed by atoms with Crippen molar-refractivity contribution >= 4 is 41.3 Å². The lowest BCUT2D eigenvalue weighted by molar-refractivity contribution is -0.140. The van der Waals surface area contributed by atoms with Crippen LogP contribution in [0.1, 0.15) is 28.8 Å². The van der Waals surface area contributed by atoms with Gasteiger partial charge in [0.15, 0.2) is 11.7 Å². The van der Waals surface area contributed by atoms with Gasteiger partial charge >= 0.3 is 12.8 Å². The molecule has 0 saturated carbocycles. The number of hydrogen-bond donors (Lipinski definition) is 2. The first-order chi connectivity index (χ1) is 13.7. The second-order valence-corrected chi connectivity index (χ2v) is 6.93. The monoisotopic (exact) mass is 564 g/mol. The van der Waals surface area contributed by atoms with Crippen LogP contribution in [0.15, 0.2) is 28.6 Å². The Morgan fingerprint density at radius 3 is 2.60 bits per heavy atom. The summed E-state index contributed by atoms with van der Waals surface area (Å²) in [5.41, 5.74) is 0.473. The molecule has 168 valence electrons. The van der Waals surface area contributed by atoms with Crippen molar-refractivity contribution in [2.45, 2.75) is 39.6 Å². The molecule has 0 saturated heterocycles. The van der Waals surface area contributed by atoms with Gasteiger partial charge in [0.1, 0.15) is 5.75 Å². The van der Waals surface area contributed by atoms with Crippen LogP contribution in [0.5, 0.6) is 5.75 Å². The normalized spacial score (nSPS) is 11.9. The van der Waals surface area contributed by atoms with Gasteiger partial charge in [-0.1, -0.05) is 17.7 Å². The predicted octanol–water partition coefficient (Wildman–Crippen LogP) is 4.99. The molecule has 0 unspecified atom stereocenters. The van der Waals surface area contributed by atoms with Crippen molar-refractivity contribution in [2.75, 3.05) is 13.1 Å². The van der Waals surface area contributed by atoms with Crippen LogP contribution in [0.3, 0.4) is 0 Å². The number of nitrogens with one attached hydrogen (secondary N) is 2. The van der Waals surface area contributed by atoms with E-state index in [9.17, 15) is 22.0 Å². The lowest BCUT2D eigenvalue weighted by atomic mass is 10.1. The maximum atomic E-state index is 12.6. The Labute approximate surface area is 192 Å². The average Bonchev–Trinajstić information content (AvgIpc) is 3.10. The minimum Gasteiger partial charge on any atom is -0.434 e. The van der Waals surface area contributed by atoms with Crippen LogP contribution in [0.25, 0.3) is 0 Å². The second kappa shape index (κ2) is 12.2. The van der Waals surface area contributed by atoms with Gasteiger partial charge in [0.2, 0.25) is 0 Å². The fraction of sp³-hybridized carbons (Fsp3) is 0.444. The highest BCUT2D eigenvalue weighted by Crippen LogP contribution is 2.30. The number of hydrogen-bond acceptors (Lipinski definition) is 4. The first-order valence-corrected chi connectivity index (χ1v) is 9.65. The molecule has 5 nitrogen and oxygen atoms in total. The summed E-state index contributed by atoms with van der Waals surface area (Å²) in [5, 5.41) is 7.33. The van der Waals surface area contributed by atoms with Crippen molar-refractivity contribution in [2.24, 2.45) is 4.99 Å². The molecule has 1 aromatic heterocycles. The van der Waals surface area contributed by atoms with Crippen LogP contribution in [-0.4, -0.2) is 30.6 Å². The quantitative estimate of drug-likeness (QED) is 0.206. The third-order valence-corrected chi connectivity index (χ3v) is 4.57. The summed E-state index contributed by atoms with van der Waals surface area (Å²) in [5.74, 6) is 0.456. The number of halogens is 6. The highest BCUT2D eigenvalue weighted by Gasteiger charge is 2.33. The minimum absolute atomic E-state index is 0. The van der Waals surface area contributed by atoms with Gasteiger partial charge < -0.3 is 15.4 Å². The van der Waals surface area contributed by atoms with Crippen molar-refractivity contribution in [1.29, 1.82) is 0 Å². The number of alkyl halides is 5. The SMILES string of the molecule is CCNC(=NCc1cc(C)ccc1OC(F)F)NCCc1nc(C(F)(F)F)cs1.I. The minimum atomic E-state index is -4.45. The molecule has 0 radical (unpaired) electrons. The van der Waals surface area contributed by atoms with E-state index >= 15 is 0 Å². The van der Waals surface area contributed by atoms with Gasteiger partial charge in [-0.15, -0.1) is 35.3 Å². The molecule has 2 N–H and O–H groups in total. The molecule has 1 heterocycles. The number of aryl methyl sites for hydroxylation is 1. The number of aliphatic imine (C=N–C) groups is 1. The molecule has 0 amide bonds. The number of aromatic nitrogens is 1. The molecular formula is C18H22F5IN4OS. The molecule has 0 aliphatic heterocycles. The van der Waals surface area contributed by atoms with Gasteiger partial charge in [-0.25, -0.2) is 9.98 Å². The zero-order valence-electron chi connectivity index (χ0n) is 16.2. The first-order valence-electron chi connectivity index (χ1n) is 8.77. The van der Waals surface area contributed by atoms with Crippen LogP contribution < -0.4 is 15.4 Å². The van der Waals surface area contributed by atoms with Crippen LogP contribution in [0.4, 0.5) is 22.0 Å². The molecule has 0 spiro atoms. The maximum Gasteiger partial charge on any atom is 0.434 e. The van der Waals surface area contributed by atoms with Gasteiger partial charge in [0.05, 0.1) is 11.6 Å². The molecule has 0 aliphatic rings. The number of thiazole rings is 1. The van der Waals surface area contributed by atoms with Gasteiger partial charge in [-0.3, -0.25) is 0 Å². The maximum absolute atomic E-state index is 12.6. The number of ether oxygens (including phenoxy) is 1. The van der Waals surface area contributed by atoms with Crippen LogP contribution in [0.2, 0.25) is 0 Å². The lowest BCUT2D eigenvalue weighted by Crippen LogP contribution is -2.38. The molecule has 2 aromatic rings. The molecule has 1 aromatic carbocycles. The Bertz CT molecular complexity index is 829. The van der Waals surface area contributed by atoms with E-state index in [1.807, 2.05) is 13.8 Å². The second-order valence-electron chi connectivity index (χ2n) is 5.99. The zero-order valence-corrected chi connectivity index (χ0v) is 19.4. The zero-order chi connectivity index (χ0) is 21.4. The number of benzene rings is 1. The summed E-state index contributed by atoms with van der Waals surface area (Å²) in [6.45, 7) is 1.69. The van der Waals surface area contributed by atoms with Crippen molar-refractivity contribution in [1.82, 2.24) is 15.6 Å². The van der Waals surface area contributed by atoms with Gasteiger partial charge in [-0.05, 0) is 19.9 Å². The Balaban J connectivity index is 0.00000450. The van der Waals surface area contributed by atoms with E-state index in [0.29, 0.717) is 29.6 Å². The standard InChI is InChI=1S/C18H21F5N4OS.HI/c1-3-24-17(25-7-6-15-27-14(10-29-15)18(21,22)23)26-9-12-8-11(2)4-5-13(12)28-16(19)20;/h4-5,8,10,16H,3,6-7,9H2,1-2H3,(H2,24,25,26);1H. The van der Waals surface area contributed by atoms with E-state index in [2.05, 4.69) is 25.3 Å². The highest BCUT2D eigenvalue weighted by molar-refractivity contribution is 14.0. The summed E-state index contributed by atoms with van der Waals surface area (Å²) < 4.78 is 67.4. The van der Waals surface area contributed by atoms with E-state index in [1.54, 1.807) is 12.1 Å². The molecule has 0 aliphatic carbocycles. The van der Waals surface area contributed by atoms with E-state index < -0.39 is 18.5 Å². The summed E-state index contributed by atoms with van der Waals surface area (Å²) >= 11 is 0.942. The van der Waals surface area contributed by atoms with E-state index in [0.717, 1.165) is 22.3 Å². The van der Waals surface area contributed by atoms with Gasteiger partial charge in [-0.2, -0.15) is 22.0 Å². The molecule has 0 bridgehead atoms. The van der Waals surface area contributed by atoms with Gasteiger partial charge in [0.25, 0.3) is 0 Å². The Morgan fingerprint density at radius 1 is 1.27 bits per heavy atom. The van der Waals surface area contributed by atoms with Crippen LogP contribution in [0, 0.1) is 6.92 Å². The number of nitrogens with zero attached hydrogens (tertiary/aromatic N) is 2. The molecule has 0 atom stereocenters. The fourth-order valence-electron chi connectivity index (χ4n) is 2.39. The summed E-state index contributed by atoms with van der Waals surface area (Å²) in [6, 6.07) is 4.84. The van der Waals surface area contributed by atoms with Crippen LogP contribution in [-0.2, 0) is 19.1 Å². The smallest absolute Gasteiger partial charge is 0.434 e. The van der Waals surface area contributed by atoms with Crippen molar-refractivity contribution in [3.8, 4) is 5.75 Å². The fourth-order valence-corrected chi connectivity index (χ4v) is 3.20. The van der Waals surface area contributed by atoms with Crippen molar-refractivity contribution < 1.29 is 26.7 Å². The topological polar surface area (TPSA) is 58.5 Å².